The second-order valence-corrected chi connectivity index (χ2v) is 4.74. The lowest BCUT2D eigenvalue weighted by molar-refractivity contribution is 0.303. The van der Waals surface area contributed by atoms with Gasteiger partial charge in [-0.3, -0.25) is 4.68 Å². The van der Waals surface area contributed by atoms with Crippen molar-refractivity contribution in [2.75, 3.05) is 13.2 Å². The highest BCUT2D eigenvalue weighted by Gasteiger charge is 2.02. The molecule has 1 heterocycles. The van der Waals surface area contributed by atoms with Crippen molar-refractivity contribution in [2.24, 2.45) is 0 Å². The van der Waals surface area contributed by atoms with Gasteiger partial charge in [-0.2, -0.15) is 5.10 Å². The SMILES string of the molecule is CC(Cn1cccn1)NCCCOc1ccc(F)cc1. The van der Waals surface area contributed by atoms with E-state index in [2.05, 4.69) is 17.3 Å². The van der Waals surface area contributed by atoms with Crippen LogP contribution >= 0.6 is 0 Å². The van der Waals surface area contributed by atoms with E-state index in [0.717, 1.165) is 19.5 Å². The van der Waals surface area contributed by atoms with Gasteiger partial charge in [-0.25, -0.2) is 4.39 Å². The van der Waals surface area contributed by atoms with Gasteiger partial charge in [0.1, 0.15) is 11.6 Å². The minimum atomic E-state index is -0.244. The molecule has 0 bridgehead atoms. The maximum absolute atomic E-state index is 12.7. The number of hydrogen-bond donors (Lipinski definition) is 1. The second kappa shape index (κ2) is 7.65. The lowest BCUT2D eigenvalue weighted by Gasteiger charge is -2.14. The highest BCUT2D eigenvalue weighted by molar-refractivity contribution is 5.21. The van der Waals surface area contributed by atoms with Crippen LogP contribution in [0.2, 0.25) is 0 Å². The van der Waals surface area contributed by atoms with Crippen LogP contribution in [0.3, 0.4) is 0 Å². The van der Waals surface area contributed by atoms with E-state index in [0.29, 0.717) is 18.4 Å². The molecule has 108 valence electrons. The lowest BCUT2D eigenvalue weighted by atomic mass is 10.3. The highest BCUT2D eigenvalue weighted by Crippen LogP contribution is 2.10. The van der Waals surface area contributed by atoms with Crippen LogP contribution in [0, 0.1) is 5.82 Å². The van der Waals surface area contributed by atoms with Gasteiger partial charge in [0, 0.05) is 18.4 Å². The van der Waals surface area contributed by atoms with Crippen LogP contribution < -0.4 is 10.1 Å². The van der Waals surface area contributed by atoms with E-state index in [4.69, 9.17) is 4.74 Å². The van der Waals surface area contributed by atoms with Crippen LogP contribution in [0.25, 0.3) is 0 Å². The molecule has 5 heteroatoms. The summed E-state index contributed by atoms with van der Waals surface area (Å²) in [5.41, 5.74) is 0. The van der Waals surface area contributed by atoms with Crippen molar-refractivity contribution in [2.45, 2.75) is 25.9 Å². The smallest absolute Gasteiger partial charge is 0.123 e. The van der Waals surface area contributed by atoms with Crippen molar-refractivity contribution in [3.8, 4) is 5.75 Å². The molecule has 0 aliphatic heterocycles. The fourth-order valence-electron chi connectivity index (χ4n) is 1.90. The molecule has 0 spiro atoms. The maximum atomic E-state index is 12.7. The van der Waals surface area contributed by atoms with Crippen molar-refractivity contribution < 1.29 is 9.13 Å². The van der Waals surface area contributed by atoms with Crippen LogP contribution in [0.5, 0.6) is 5.75 Å². The Labute approximate surface area is 118 Å². The summed E-state index contributed by atoms with van der Waals surface area (Å²) in [6.45, 7) is 4.48. The predicted molar refractivity (Wildman–Crippen MR) is 76.2 cm³/mol. The highest BCUT2D eigenvalue weighted by atomic mass is 19.1. The van der Waals surface area contributed by atoms with E-state index >= 15 is 0 Å². The molecule has 0 fully saturated rings. The predicted octanol–water partition coefficient (Wildman–Crippen LogP) is 2.47. The number of halogens is 1. The first kappa shape index (κ1) is 14.5. The zero-order valence-electron chi connectivity index (χ0n) is 11.6. The van der Waals surface area contributed by atoms with Crippen molar-refractivity contribution in [1.29, 1.82) is 0 Å². The summed E-state index contributed by atoms with van der Waals surface area (Å²) in [6.07, 6.45) is 4.64. The van der Waals surface area contributed by atoms with Gasteiger partial charge in [0.25, 0.3) is 0 Å². The summed E-state index contributed by atoms with van der Waals surface area (Å²) >= 11 is 0. The first-order valence-electron chi connectivity index (χ1n) is 6.83. The molecule has 1 atom stereocenters. The third-order valence-corrected chi connectivity index (χ3v) is 2.92. The van der Waals surface area contributed by atoms with E-state index in [1.807, 2.05) is 16.9 Å². The first-order chi connectivity index (χ1) is 9.74. The molecule has 0 amide bonds. The minimum Gasteiger partial charge on any atom is -0.494 e. The van der Waals surface area contributed by atoms with Crippen LogP contribution in [0.1, 0.15) is 13.3 Å². The molecule has 0 aliphatic carbocycles. The monoisotopic (exact) mass is 277 g/mol. The van der Waals surface area contributed by atoms with Crippen molar-refractivity contribution in [1.82, 2.24) is 15.1 Å². The topological polar surface area (TPSA) is 39.1 Å². The molecule has 0 saturated carbocycles. The number of benzene rings is 1. The first-order valence-corrected chi connectivity index (χ1v) is 6.83. The van der Waals surface area contributed by atoms with E-state index in [9.17, 15) is 4.39 Å². The van der Waals surface area contributed by atoms with Crippen molar-refractivity contribution >= 4 is 0 Å². The molecule has 2 aromatic rings. The van der Waals surface area contributed by atoms with Crippen LogP contribution in [0.4, 0.5) is 4.39 Å². The van der Waals surface area contributed by atoms with Gasteiger partial charge in [-0.05, 0) is 50.2 Å². The van der Waals surface area contributed by atoms with Gasteiger partial charge in [0.15, 0.2) is 0 Å². The number of hydrogen-bond acceptors (Lipinski definition) is 3. The van der Waals surface area contributed by atoms with Crippen molar-refractivity contribution in [3.05, 3.63) is 48.5 Å². The van der Waals surface area contributed by atoms with Gasteiger partial charge >= 0.3 is 0 Å². The number of ether oxygens (including phenoxy) is 1. The Morgan fingerprint density at radius 2 is 2.15 bits per heavy atom. The number of nitrogens with zero attached hydrogens (tertiary/aromatic N) is 2. The van der Waals surface area contributed by atoms with Gasteiger partial charge in [0.05, 0.1) is 13.2 Å². The molecular weight excluding hydrogens is 257 g/mol. The third kappa shape index (κ3) is 5.01. The van der Waals surface area contributed by atoms with E-state index in [1.165, 1.54) is 12.1 Å². The fraction of sp³-hybridized carbons (Fsp3) is 0.400. The van der Waals surface area contributed by atoms with Crippen LogP contribution in [-0.2, 0) is 6.54 Å². The zero-order valence-corrected chi connectivity index (χ0v) is 11.6. The quantitative estimate of drug-likeness (QED) is 0.753. The zero-order chi connectivity index (χ0) is 14.2. The molecule has 2 rings (SSSR count). The molecule has 1 unspecified atom stereocenters. The van der Waals surface area contributed by atoms with E-state index in [-0.39, 0.29) is 5.82 Å². The number of aromatic nitrogens is 2. The summed E-state index contributed by atoms with van der Waals surface area (Å²) in [4.78, 5) is 0. The molecule has 1 aromatic heterocycles. The van der Waals surface area contributed by atoms with Crippen molar-refractivity contribution in [3.63, 3.8) is 0 Å². The van der Waals surface area contributed by atoms with E-state index < -0.39 is 0 Å². The van der Waals surface area contributed by atoms with Gasteiger partial charge in [0.2, 0.25) is 0 Å². The summed E-state index contributed by atoms with van der Waals surface area (Å²) in [6, 6.07) is 8.37. The fourth-order valence-corrected chi connectivity index (χ4v) is 1.90. The molecule has 0 aliphatic rings. The Hall–Kier alpha value is -1.88. The largest absolute Gasteiger partial charge is 0.494 e. The minimum absolute atomic E-state index is 0.244. The molecular formula is C15H20FN3O. The third-order valence-electron chi connectivity index (χ3n) is 2.92. The Bertz CT molecular complexity index is 484. The molecule has 1 N–H and O–H groups in total. The Kier molecular flexibility index (Phi) is 5.55. The average molecular weight is 277 g/mol. The molecule has 0 radical (unpaired) electrons. The summed E-state index contributed by atoms with van der Waals surface area (Å²) in [5, 5.41) is 7.58. The lowest BCUT2D eigenvalue weighted by Crippen LogP contribution is -2.32. The molecule has 20 heavy (non-hydrogen) atoms. The maximum Gasteiger partial charge on any atom is 0.123 e. The Morgan fingerprint density at radius 1 is 1.35 bits per heavy atom. The van der Waals surface area contributed by atoms with Crippen LogP contribution in [-0.4, -0.2) is 29.0 Å². The molecule has 4 nitrogen and oxygen atoms in total. The second-order valence-electron chi connectivity index (χ2n) is 4.74. The number of nitrogens with one attached hydrogen (secondary N) is 1. The van der Waals surface area contributed by atoms with E-state index in [1.54, 1.807) is 18.3 Å². The van der Waals surface area contributed by atoms with Gasteiger partial charge < -0.3 is 10.1 Å². The normalized spacial score (nSPS) is 12.3. The summed E-state index contributed by atoms with van der Waals surface area (Å²) in [7, 11) is 0. The molecule has 1 aromatic carbocycles. The van der Waals surface area contributed by atoms with Crippen LogP contribution in [0.15, 0.2) is 42.7 Å². The summed E-state index contributed by atoms with van der Waals surface area (Å²) < 4.78 is 20.1. The standard InChI is InChI=1S/C15H20FN3O/c1-13(12-19-10-2-9-18-19)17-8-3-11-20-15-6-4-14(16)5-7-15/h2,4-7,9-10,13,17H,3,8,11-12H2,1H3. The Balaban J connectivity index is 1.56. The summed E-state index contributed by atoms with van der Waals surface area (Å²) in [5.74, 6) is 0.461. The Morgan fingerprint density at radius 3 is 2.85 bits per heavy atom. The number of rotatable bonds is 8. The van der Waals surface area contributed by atoms with Gasteiger partial charge in [-0.1, -0.05) is 0 Å². The van der Waals surface area contributed by atoms with Gasteiger partial charge in [-0.15, -0.1) is 0 Å². The molecule has 0 saturated heterocycles. The average Bonchev–Trinajstić information content (AvgIpc) is 2.93.